The lowest BCUT2D eigenvalue weighted by atomic mass is 10.1. The maximum atomic E-state index is 12.6. The molecule has 1 amide bonds. The van der Waals surface area contributed by atoms with E-state index in [2.05, 4.69) is 21.2 Å². The summed E-state index contributed by atoms with van der Waals surface area (Å²) in [4.78, 5) is 12.6. The molecule has 0 fully saturated rings. The normalized spacial score (nSPS) is 11.0. The number of rotatable bonds is 6. The second kappa shape index (κ2) is 10.5. The van der Waals surface area contributed by atoms with Gasteiger partial charge < -0.3 is 10.1 Å². The van der Waals surface area contributed by atoms with Crippen molar-refractivity contribution >= 4 is 56.8 Å². The van der Waals surface area contributed by atoms with Crippen LogP contribution in [0.3, 0.4) is 0 Å². The molecule has 3 aromatic rings. The zero-order valence-electron chi connectivity index (χ0n) is 16.5. The summed E-state index contributed by atoms with van der Waals surface area (Å²) in [5.74, 6) is 0.136. The van der Waals surface area contributed by atoms with Crippen LogP contribution >= 0.6 is 39.1 Å². The van der Waals surface area contributed by atoms with Crippen molar-refractivity contribution in [2.75, 3.05) is 5.32 Å². The highest BCUT2D eigenvalue weighted by atomic mass is 79.9. The Hall–Kier alpha value is -2.78. The van der Waals surface area contributed by atoms with Crippen molar-refractivity contribution in [1.29, 1.82) is 5.26 Å². The average Bonchev–Trinajstić information content (AvgIpc) is 2.75. The second-order valence-corrected chi connectivity index (χ2v) is 8.34. The predicted octanol–water partition coefficient (Wildman–Crippen LogP) is 7.19. The molecule has 0 saturated heterocycles. The van der Waals surface area contributed by atoms with Gasteiger partial charge in [-0.2, -0.15) is 5.26 Å². The standard InChI is InChI=1S/C24H17BrCl2N2O2/c1-15-21(27)3-2-4-22(15)29-24(30)18(13-28)11-17-7-10-23(20(25)12-17)31-14-16-5-8-19(26)9-6-16/h2-12H,14H2,1H3,(H,29,30)/b18-11-. The molecule has 0 heterocycles. The number of hydrogen-bond acceptors (Lipinski definition) is 3. The number of nitrogens with one attached hydrogen (secondary N) is 1. The summed E-state index contributed by atoms with van der Waals surface area (Å²) in [6.07, 6.45) is 1.52. The van der Waals surface area contributed by atoms with E-state index in [1.165, 1.54) is 6.08 Å². The molecular weight excluding hydrogens is 499 g/mol. The van der Waals surface area contributed by atoms with Gasteiger partial charge in [0.1, 0.15) is 24.0 Å². The smallest absolute Gasteiger partial charge is 0.266 e. The molecule has 3 aromatic carbocycles. The van der Waals surface area contributed by atoms with E-state index in [-0.39, 0.29) is 5.57 Å². The Bertz CT molecular complexity index is 1190. The zero-order valence-corrected chi connectivity index (χ0v) is 19.6. The van der Waals surface area contributed by atoms with Gasteiger partial charge in [0.05, 0.1) is 4.47 Å². The summed E-state index contributed by atoms with van der Waals surface area (Å²) < 4.78 is 6.54. The molecule has 7 heteroatoms. The molecule has 0 aliphatic rings. The van der Waals surface area contributed by atoms with E-state index in [4.69, 9.17) is 27.9 Å². The van der Waals surface area contributed by atoms with Crippen LogP contribution in [0.2, 0.25) is 10.0 Å². The number of amides is 1. The third kappa shape index (κ3) is 6.11. The molecule has 1 N–H and O–H groups in total. The first-order chi connectivity index (χ1) is 14.9. The SMILES string of the molecule is Cc1c(Cl)cccc1NC(=O)/C(C#N)=C\c1ccc(OCc2ccc(Cl)cc2)c(Br)c1. The van der Waals surface area contributed by atoms with Crippen LogP contribution in [0.4, 0.5) is 5.69 Å². The number of hydrogen-bond donors (Lipinski definition) is 1. The Morgan fingerprint density at radius 1 is 1.16 bits per heavy atom. The fourth-order valence-electron chi connectivity index (χ4n) is 2.71. The molecule has 4 nitrogen and oxygen atoms in total. The van der Waals surface area contributed by atoms with Gasteiger partial charge in [0, 0.05) is 15.7 Å². The fraction of sp³-hybridized carbons (Fsp3) is 0.0833. The number of anilines is 1. The number of halogens is 3. The lowest BCUT2D eigenvalue weighted by Gasteiger charge is -2.10. The summed E-state index contributed by atoms with van der Waals surface area (Å²) in [5.41, 5.74) is 2.94. The molecule has 0 aliphatic carbocycles. The van der Waals surface area contributed by atoms with Crippen molar-refractivity contribution in [1.82, 2.24) is 0 Å². The number of benzene rings is 3. The number of carbonyl (C=O) groups excluding carboxylic acids is 1. The summed E-state index contributed by atoms with van der Waals surface area (Å²) in [6, 6.07) is 19.9. The van der Waals surface area contributed by atoms with Crippen molar-refractivity contribution in [2.24, 2.45) is 0 Å². The van der Waals surface area contributed by atoms with E-state index in [1.54, 1.807) is 43.3 Å². The minimum absolute atomic E-state index is 0.0268. The first kappa shape index (κ1) is 22.9. The van der Waals surface area contributed by atoms with Crippen LogP contribution in [-0.2, 0) is 11.4 Å². The first-order valence-electron chi connectivity index (χ1n) is 9.22. The summed E-state index contributed by atoms with van der Waals surface area (Å²) in [6.45, 7) is 2.18. The third-order valence-electron chi connectivity index (χ3n) is 4.46. The van der Waals surface area contributed by atoms with Gasteiger partial charge >= 0.3 is 0 Å². The maximum Gasteiger partial charge on any atom is 0.266 e. The van der Waals surface area contributed by atoms with E-state index < -0.39 is 5.91 Å². The topological polar surface area (TPSA) is 62.1 Å². The van der Waals surface area contributed by atoms with Crippen LogP contribution in [0.5, 0.6) is 5.75 Å². The average molecular weight is 516 g/mol. The number of ether oxygens (including phenoxy) is 1. The lowest BCUT2D eigenvalue weighted by molar-refractivity contribution is -0.112. The van der Waals surface area contributed by atoms with Gasteiger partial charge in [-0.15, -0.1) is 0 Å². The predicted molar refractivity (Wildman–Crippen MR) is 128 cm³/mol. The molecule has 3 rings (SSSR count). The van der Waals surface area contributed by atoms with Crippen molar-refractivity contribution in [2.45, 2.75) is 13.5 Å². The quantitative estimate of drug-likeness (QED) is 0.279. The van der Waals surface area contributed by atoms with Gasteiger partial charge in [0.15, 0.2) is 0 Å². The van der Waals surface area contributed by atoms with E-state index in [0.717, 1.165) is 11.1 Å². The van der Waals surface area contributed by atoms with Crippen molar-refractivity contribution in [3.8, 4) is 11.8 Å². The molecule has 0 aromatic heterocycles. The first-order valence-corrected chi connectivity index (χ1v) is 10.8. The third-order valence-corrected chi connectivity index (χ3v) is 5.74. The fourth-order valence-corrected chi connectivity index (χ4v) is 3.52. The molecule has 0 bridgehead atoms. The Morgan fingerprint density at radius 2 is 1.90 bits per heavy atom. The van der Waals surface area contributed by atoms with Crippen molar-refractivity contribution < 1.29 is 9.53 Å². The molecule has 0 saturated carbocycles. The highest BCUT2D eigenvalue weighted by molar-refractivity contribution is 9.10. The number of nitrogens with zero attached hydrogens (tertiary/aromatic N) is 1. The lowest BCUT2D eigenvalue weighted by Crippen LogP contribution is -2.14. The van der Waals surface area contributed by atoms with E-state index >= 15 is 0 Å². The van der Waals surface area contributed by atoms with Crippen molar-refractivity contribution in [3.63, 3.8) is 0 Å². The monoisotopic (exact) mass is 514 g/mol. The molecule has 0 spiro atoms. The van der Waals surface area contributed by atoms with Crippen molar-refractivity contribution in [3.05, 3.63) is 97.4 Å². The molecule has 0 atom stereocenters. The van der Waals surface area contributed by atoms with Gasteiger partial charge in [-0.3, -0.25) is 4.79 Å². The number of carbonyl (C=O) groups is 1. The van der Waals surface area contributed by atoms with Crippen LogP contribution < -0.4 is 10.1 Å². The zero-order chi connectivity index (χ0) is 22.4. The molecule has 0 aliphatic heterocycles. The largest absolute Gasteiger partial charge is 0.488 e. The summed E-state index contributed by atoms with van der Waals surface area (Å²) in [7, 11) is 0. The van der Waals surface area contributed by atoms with Gasteiger partial charge in [0.25, 0.3) is 5.91 Å². The minimum atomic E-state index is -0.507. The molecule has 0 unspecified atom stereocenters. The van der Waals surface area contributed by atoms with Gasteiger partial charge in [-0.25, -0.2) is 0 Å². The van der Waals surface area contributed by atoms with E-state index in [0.29, 0.717) is 38.1 Å². The summed E-state index contributed by atoms with van der Waals surface area (Å²) >= 11 is 15.5. The second-order valence-electron chi connectivity index (χ2n) is 6.64. The van der Waals surface area contributed by atoms with Crippen LogP contribution in [0.15, 0.2) is 70.7 Å². The van der Waals surface area contributed by atoms with Crippen LogP contribution in [-0.4, -0.2) is 5.91 Å². The van der Waals surface area contributed by atoms with Gasteiger partial charge in [0.2, 0.25) is 0 Å². The molecule has 156 valence electrons. The Labute approximate surface area is 199 Å². The highest BCUT2D eigenvalue weighted by Gasteiger charge is 2.12. The van der Waals surface area contributed by atoms with Crippen LogP contribution in [0, 0.1) is 18.3 Å². The maximum absolute atomic E-state index is 12.6. The molecule has 31 heavy (non-hydrogen) atoms. The molecular formula is C24H17BrCl2N2O2. The van der Waals surface area contributed by atoms with E-state index in [1.807, 2.05) is 30.3 Å². The minimum Gasteiger partial charge on any atom is -0.488 e. The van der Waals surface area contributed by atoms with Gasteiger partial charge in [-0.1, -0.05) is 47.5 Å². The van der Waals surface area contributed by atoms with Crippen LogP contribution in [0.1, 0.15) is 16.7 Å². The summed E-state index contributed by atoms with van der Waals surface area (Å²) in [5, 5.41) is 13.4. The van der Waals surface area contributed by atoms with E-state index in [9.17, 15) is 10.1 Å². The molecule has 0 radical (unpaired) electrons. The Balaban J connectivity index is 1.72. The Kier molecular flexibility index (Phi) is 7.75. The highest BCUT2D eigenvalue weighted by Crippen LogP contribution is 2.28. The Morgan fingerprint density at radius 3 is 2.58 bits per heavy atom. The van der Waals surface area contributed by atoms with Gasteiger partial charge in [-0.05, 0) is 82.0 Å². The van der Waals surface area contributed by atoms with Crippen LogP contribution in [0.25, 0.3) is 6.08 Å². The number of nitriles is 1.